The molecule has 1 heterocycles. The molecule has 156 valence electrons. The number of carbonyl (C=O) groups excluding carboxylic acids is 2. The Hall–Kier alpha value is -1.20. The summed E-state index contributed by atoms with van der Waals surface area (Å²) in [6.45, 7) is 11.6. The molecule has 6 atom stereocenters. The van der Waals surface area contributed by atoms with Gasteiger partial charge in [-0.3, -0.25) is 9.59 Å². The fraction of sp³-hybridized carbons (Fsp3) is 0.826. The van der Waals surface area contributed by atoms with E-state index in [2.05, 4.69) is 6.08 Å². The molecule has 0 aromatic carbocycles. The van der Waals surface area contributed by atoms with E-state index in [0.717, 1.165) is 19.3 Å². The van der Waals surface area contributed by atoms with Crippen LogP contribution in [0.25, 0.3) is 0 Å². The van der Waals surface area contributed by atoms with Gasteiger partial charge in [-0.2, -0.15) is 0 Å². The van der Waals surface area contributed by atoms with E-state index in [0.29, 0.717) is 12.3 Å². The van der Waals surface area contributed by atoms with Crippen LogP contribution in [0.2, 0.25) is 0 Å². The van der Waals surface area contributed by atoms with Crippen molar-refractivity contribution in [3.63, 3.8) is 0 Å². The Morgan fingerprint density at radius 3 is 2.64 bits per heavy atom. The molecule has 28 heavy (non-hydrogen) atoms. The number of esters is 1. The SMILES string of the molecule is CC(C)(C)OC(=O)CC[C@]1(C)C(=O)C=CC23CCC(CC21)C1OC(C)(C)OC13. The summed E-state index contributed by atoms with van der Waals surface area (Å²) in [7, 11) is 0. The summed E-state index contributed by atoms with van der Waals surface area (Å²) in [6, 6.07) is 0. The van der Waals surface area contributed by atoms with Gasteiger partial charge in [0.15, 0.2) is 11.6 Å². The maximum Gasteiger partial charge on any atom is 0.306 e. The molecule has 4 aliphatic carbocycles. The zero-order chi connectivity index (χ0) is 20.5. The third-order valence-corrected chi connectivity index (χ3v) is 7.40. The van der Waals surface area contributed by atoms with Crippen molar-refractivity contribution in [2.24, 2.45) is 22.7 Å². The fourth-order valence-corrected chi connectivity index (χ4v) is 6.23. The first-order chi connectivity index (χ1) is 12.9. The van der Waals surface area contributed by atoms with Gasteiger partial charge in [0, 0.05) is 17.3 Å². The van der Waals surface area contributed by atoms with Gasteiger partial charge in [-0.25, -0.2) is 0 Å². The largest absolute Gasteiger partial charge is 0.460 e. The summed E-state index contributed by atoms with van der Waals surface area (Å²) in [6.07, 6.45) is 7.84. The van der Waals surface area contributed by atoms with Crippen molar-refractivity contribution < 1.29 is 23.8 Å². The molecule has 1 spiro atoms. The van der Waals surface area contributed by atoms with Crippen LogP contribution < -0.4 is 0 Å². The van der Waals surface area contributed by atoms with Crippen LogP contribution in [0.1, 0.15) is 73.6 Å². The Labute approximate surface area is 168 Å². The van der Waals surface area contributed by atoms with Crippen LogP contribution >= 0.6 is 0 Å². The Bertz CT molecular complexity index is 717. The third-order valence-electron chi connectivity index (χ3n) is 7.40. The van der Waals surface area contributed by atoms with E-state index < -0.39 is 16.8 Å². The summed E-state index contributed by atoms with van der Waals surface area (Å²) in [5, 5.41) is 0. The number of rotatable bonds is 3. The van der Waals surface area contributed by atoms with E-state index in [9.17, 15) is 9.59 Å². The molecule has 0 aromatic rings. The minimum atomic E-state index is -0.581. The van der Waals surface area contributed by atoms with E-state index in [4.69, 9.17) is 14.2 Å². The van der Waals surface area contributed by atoms with Crippen molar-refractivity contribution in [1.29, 1.82) is 0 Å². The highest BCUT2D eigenvalue weighted by molar-refractivity contribution is 5.96. The number of allylic oxidation sites excluding steroid dienone is 1. The van der Waals surface area contributed by atoms with E-state index in [1.807, 2.05) is 41.5 Å². The molecule has 2 bridgehead atoms. The quantitative estimate of drug-likeness (QED) is 0.676. The molecule has 3 saturated carbocycles. The molecule has 4 fully saturated rings. The van der Waals surface area contributed by atoms with Crippen LogP contribution in [0.5, 0.6) is 0 Å². The number of ether oxygens (including phenoxy) is 3. The Morgan fingerprint density at radius 2 is 1.96 bits per heavy atom. The lowest BCUT2D eigenvalue weighted by Crippen LogP contribution is -2.63. The Kier molecular flexibility index (Phi) is 4.41. The molecule has 1 aliphatic heterocycles. The summed E-state index contributed by atoms with van der Waals surface area (Å²) < 4.78 is 18.1. The minimum absolute atomic E-state index is 0.00907. The first kappa shape index (κ1) is 20.1. The maximum atomic E-state index is 13.1. The summed E-state index contributed by atoms with van der Waals surface area (Å²) in [4.78, 5) is 25.4. The first-order valence-corrected chi connectivity index (χ1v) is 10.7. The van der Waals surface area contributed by atoms with Crippen molar-refractivity contribution in [2.75, 3.05) is 0 Å². The molecule has 5 nitrogen and oxygen atoms in total. The van der Waals surface area contributed by atoms with Crippen molar-refractivity contribution >= 4 is 11.8 Å². The zero-order valence-corrected chi connectivity index (χ0v) is 18.0. The topological polar surface area (TPSA) is 61.8 Å². The van der Waals surface area contributed by atoms with Crippen LogP contribution in [0.3, 0.4) is 0 Å². The lowest BCUT2D eigenvalue weighted by molar-refractivity contribution is -0.172. The van der Waals surface area contributed by atoms with Crippen molar-refractivity contribution in [2.45, 2.75) is 97.2 Å². The smallest absolute Gasteiger partial charge is 0.306 e. The van der Waals surface area contributed by atoms with Gasteiger partial charge in [0.1, 0.15) is 5.60 Å². The van der Waals surface area contributed by atoms with E-state index >= 15 is 0 Å². The van der Waals surface area contributed by atoms with Crippen LogP contribution in [-0.4, -0.2) is 35.3 Å². The normalized spacial score (nSPS) is 43.6. The number of carbonyl (C=O) groups is 2. The molecule has 0 radical (unpaired) electrons. The molecule has 5 rings (SSSR count). The van der Waals surface area contributed by atoms with Crippen molar-refractivity contribution in [3.05, 3.63) is 12.2 Å². The van der Waals surface area contributed by atoms with Gasteiger partial charge in [-0.15, -0.1) is 0 Å². The van der Waals surface area contributed by atoms with Crippen LogP contribution in [0, 0.1) is 22.7 Å². The highest BCUT2D eigenvalue weighted by Gasteiger charge is 2.68. The third kappa shape index (κ3) is 3.06. The monoisotopic (exact) mass is 390 g/mol. The summed E-state index contributed by atoms with van der Waals surface area (Å²) >= 11 is 0. The minimum Gasteiger partial charge on any atom is -0.460 e. The first-order valence-electron chi connectivity index (χ1n) is 10.7. The predicted molar refractivity (Wildman–Crippen MR) is 104 cm³/mol. The molecule has 0 aromatic heterocycles. The van der Waals surface area contributed by atoms with Gasteiger partial charge < -0.3 is 14.2 Å². The lowest BCUT2D eigenvalue weighted by Gasteiger charge is -2.61. The number of hydrogen-bond donors (Lipinski definition) is 0. The highest BCUT2D eigenvalue weighted by atomic mass is 16.8. The average molecular weight is 391 g/mol. The number of ketones is 1. The summed E-state index contributed by atoms with van der Waals surface area (Å²) in [5.41, 5.74) is -1.25. The molecule has 5 aliphatic rings. The number of hydrogen-bond acceptors (Lipinski definition) is 5. The second-order valence-corrected chi connectivity index (χ2v) is 10.9. The average Bonchev–Trinajstić information content (AvgIpc) is 2.93. The number of fused-ring (bicyclic) bond motifs is 1. The second kappa shape index (κ2) is 6.15. The highest BCUT2D eigenvalue weighted by Crippen LogP contribution is 2.66. The van der Waals surface area contributed by atoms with E-state index in [-0.39, 0.29) is 41.7 Å². The van der Waals surface area contributed by atoms with Gasteiger partial charge in [-0.1, -0.05) is 13.0 Å². The Morgan fingerprint density at radius 1 is 1.25 bits per heavy atom. The molecule has 5 unspecified atom stereocenters. The second-order valence-electron chi connectivity index (χ2n) is 10.9. The van der Waals surface area contributed by atoms with E-state index in [1.54, 1.807) is 6.08 Å². The molecular weight excluding hydrogens is 356 g/mol. The van der Waals surface area contributed by atoms with Crippen LogP contribution in [0.4, 0.5) is 0 Å². The molecule has 0 amide bonds. The molecular formula is C23H34O5. The van der Waals surface area contributed by atoms with Crippen molar-refractivity contribution in [3.8, 4) is 0 Å². The lowest BCUT2D eigenvalue weighted by atomic mass is 9.44. The van der Waals surface area contributed by atoms with Crippen LogP contribution in [0.15, 0.2) is 12.2 Å². The standard InChI is InChI=1S/C23H34O5/c1-20(2,3)26-17(25)9-10-22(6)15-13-14-7-11-23(15,12-8-16(22)24)19-18(14)27-21(4,5)28-19/h8,12,14-15,18-19H,7,9-11,13H2,1-6H3/t14?,15?,18?,19?,22-,23?/m0/s1. The van der Waals surface area contributed by atoms with Crippen LogP contribution in [-0.2, 0) is 23.8 Å². The van der Waals surface area contributed by atoms with Crippen molar-refractivity contribution in [1.82, 2.24) is 0 Å². The van der Waals surface area contributed by atoms with Gasteiger partial charge in [0.2, 0.25) is 0 Å². The molecule has 5 heteroatoms. The zero-order valence-electron chi connectivity index (χ0n) is 18.0. The maximum absolute atomic E-state index is 13.1. The Balaban J connectivity index is 1.60. The van der Waals surface area contributed by atoms with E-state index in [1.165, 1.54) is 0 Å². The van der Waals surface area contributed by atoms with Gasteiger partial charge in [-0.05, 0) is 78.2 Å². The van der Waals surface area contributed by atoms with Gasteiger partial charge in [0.05, 0.1) is 12.2 Å². The summed E-state index contributed by atoms with van der Waals surface area (Å²) in [5.74, 6) is -0.0853. The molecule has 0 N–H and O–H groups in total. The predicted octanol–water partition coefficient (Wildman–Crippen LogP) is 4.19. The molecule has 1 saturated heterocycles. The fourth-order valence-electron chi connectivity index (χ4n) is 6.23. The van der Waals surface area contributed by atoms with Gasteiger partial charge in [0.25, 0.3) is 0 Å². The van der Waals surface area contributed by atoms with Gasteiger partial charge >= 0.3 is 5.97 Å².